The summed E-state index contributed by atoms with van der Waals surface area (Å²) in [5.41, 5.74) is 1.18. The van der Waals surface area contributed by atoms with E-state index in [1.807, 2.05) is 31.2 Å². The average Bonchev–Trinajstić information content (AvgIpc) is 3.34. The van der Waals surface area contributed by atoms with Crippen molar-refractivity contribution in [2.75, 3.05) is 27.4 Å². The van der Waals surface area contributed by atoms with Gasteiger partial charge in [-0.3, -0.25) is 9.36 Å². The standard InChI is InChI=1S/C32H32N2O7S/c1-5-8-27-20(2)28-29(35)34(22-13-11-21(12-14-22)31(36)39-4)32(37)33(30(28)42-27)19-26(41-23-15-17-40-18-16-23)24-9-6-7-10-25(24)38-3/h6-7,9-14,23,26H,15-19H2,1-4H3/t26-/m0/s1. The largest absolute Gasteiger partial charge is 0.496 e. The summed E-state index contributed by atoms with van der Waals surface area (Å²) in [5, 5.41) is 0.416. The molecule has 1 atom stereocenters. The summed E-state index contributed by atoms with van der Waals surface area (Å²) in [6, 6.07) is 13.8. The van der Waals surface area contributed by atoms with E-state index < -0.39 is 23.3 Å². The third-order valence-corrected chi connectivity index (χ3v) is 8.59. The van der Waals surface area contributed by atoms with Crippen LogP contribution in [0, 0.1) is 18.8 Å². The number of nitrogens with zero attached hydrogens (tertiary/aromatic N) is 2. The molecule has 1 fully saturated rings. The van der Waals surface area contributed by atoms with Gasteiger partial charge < -0.3 is 18.9 Å². The van der Waals surface area contributed by atoms with Crippen LogP contribution in [0.2, 0.25) is 0 Å². The molecule has 2 aromatic carbocycles. The van der Waals surface area contributed by atoms with Gasteiger partial charge in [-0.2, -0.15) is 0 Å². The number of aromatic nitrogens is 2. The lowest BCUT2D eigenvalue weighted by Gasteiger charge is -2.29. The zero-order valence-corrected chi connectivity index (χ0v) is 24.8. The summed E-state index contributed by atoms with van der Waals surface area (Å²) in [5.74, 6) is 6.13. The molecule has 0 bridgehead atoms. The van der Waals surface area contributed by atoms with E-state index in [1.165, 1.54) is 30.6 Å². The molecule has 1 aliphatic heterocycles. The molecule has 10 heteroatoms. The van der Waals surface area contributed by atoms with Gasteiger partial charge in [-0.15, -0.1) is 17.3 Å². The molecule has 0 N–H and O–H groups in total. The van der Waals surface area contributed by atoms with E-state index >= 15 is 0 Å². The zero-order valence-electron chi connectivity index (χ0n) is 24.0. The Morgan fingerprint density at radius 1 is 1.10 bits per heavy atom. The number of esters is 1. The third-order valence-electron chi connectivity index (χ3n) is 7.36. The Bertz CT molecular complexity index is 1780. The molecule has 1 aliphatic rings. The van der Waals surface area contributed by atoms with Crippen molar-refractivity contribution >= 4 is 27.5 Å². The lowest BCUT2D eigenvalue weighted by Crippen LogP contribution is -2.40. The number of benzene rings is 2. The third kappa shape index (κ3) is 5.63. The van der Waals surface area contributed by atoms with Gasteiger partial charge in [-0.05, 0) is 62.6 Å². The Balaban J connectivity index is 1.72. The Labute approximate surface area is 247 Å². The second-order valence-corrected chi connectivity index (χ2v) is 10.9. The van der Waals surface area contributed by atoms with Gasteiger partial charge in [-0.1, -0.05) is 24.1 Å². The molecule has 0 unspecified atom stereocenters. The SMILES string of the molecule is CC#Cc1sc2c(c1C)c(=O)n(-c1ccc(C(=O)OC)cc1)c(=O)n2C[C@H](OC1CCOCC1)c1ccccc1OC. The van der Waals surface area contributed by atoms with Crippen LogP contribution in [0.1, 0.15) is 52.2 Å². The van der Waals surface area contributed by atoms with Gasteiger partial charge in [0.05, 0.1) is 48.4 Å². The molecule has 3 heterocycles. The van der Waals surface area contributed by atoms with Crippen molar-refractivity contribution in [1.29, 1.82) is 0 Å². The van der Waals surface area contributed by atoms with Gasteiger partial charge >= 0.3 is 11.7 Å². The van der Waals surface area contributed by atoms with Crippen LogP contribution in [-0.4, -0.2) is 48.6 Å². The molecular weight excluding hydrogens is 556 g/mol. The molecule has 1 saturated heterocycles. The minimum atomic E-state index is -0.555. The first-order valence-corrected chi connectivity index (χ1v) is 14.5. The van der Waals surface area contributed by atoms with Crippen LogP contribution < -0.4 is 16.0 Å². The number of thiophene rings is 1. The summed E-state index contributed by atoms with van der Waals surface area (Å²) >= 11 is 1.32. The van der Waals surface area contributed by atoms with Crippen molar-refractivity contribution in [3.05, 3.63) is 90.9 Å². The van der Waals surface area contributed by atoms with Crippen molar-refractivity contribution in [1.82, 2.24) is 9.13 Å². The molecule has 0 saturated carbocycles. The fourth-order valence-corrected chi connectivity index (χ4v) is 6.40. The van der Waals surface area contributed by atoms with Crippen LogP contribution in [0.25, 0.3) is 15.9 Å². The quantitative estimate of drug-likeness (QED) is 0.219. The van der Waals surface area contributed by atoms with E-state index in [9.17, 15) is 14.4 Å². The number of aryl methyl sites for hydroxylation is 1. The highest BCUT2D eigenvalue weighted by molar-refractivity contribution is 7.19. The van der Waals surface area contributed by atoms with E-state index in [0.717, 1.165) is 27.8 Å². The second-order valence-electron chi connectivity index (χ2n) is 9.86. The van der Waals surface area contributed by atoms with Crippen LogP contribution in [-0.2, 0) is 20.8 Å². The number of ether oxygens (including phenoxy) is 4. The molecule has 218 valence electrons. The van der Waals surface area contributed by atoms with E-state index in [2.05, 4.69) is 11.8 Å². The van der Waals surface area contributed by atoms with Crippen LogP contribution in [0.15, 0.2) is 58.1 Å². The van der Waals surface area contributed by atoms with Crippen molar-refractivity contribution < 1.29 is 23.7 Å². The van der Waals surface area contributed by atoms with Gasteiger partial charge in [-0.25, -0.2) is 14.2 Å². The van der Waals surface area contributed by atoms with Crippen molar-refractivity contribution in [3.8, 4) is 23.3 Å². The zero-order chi connectivity index (χ0) is 29.8. The molecule has 0 spiro atoms. The van der Waals surface area contributed by atoms with Crippen LogP contribution in [0.3, 0.4) is 0 Å². The first-order valence-electron chi connectivity index (χ1n) is 13.6. The highest BCUT2D eigenvalue weighted by Gasteiger charge is 2.27. The molecule has 4 aromatic rings. The number of fused-ring (bicyclic) bond motifs is 1. The number of carbonyl (C=O) groups excluding carboxylic acids is 1. The topological polar surface area (TPSA) is 98.0 Å². The maximum absolute atomic E-state index is 14.3. The monoisotopic (exact) mass is 588 g/mol. The van der Waals surface area contributed by atoms with Gasteiger partial charge in [0.2, 0.25) is 0 Å². The lowest BCUT2D eigenvalue weighted by atomic mass is 10.1. The first-order chi connectivity index (χ1) is 20.4. The number of hydrogen-bond donors (Lipinski definition) is 0. The highest BCUT2D eigenvalue weighted by Crippen LogP contribution is 2.34. The van der Waals surface area contributed by atoms with Gasteiger partial charge in [0, 0.05) is 18.8 Å². The predicted molar refractivity (Wildman–Crippen MR) is 161 cm³/mol. The molecule has 42 heavy (non-hydrogen) atoms. The summed E-state index contributed by atoms with van der Waals surface area (Å²) in [7, 11) is 2.90. The van der Waals surface area contributed by atoms with E-state index in [1.54, 1.807) is 30.7 Å². The summed E-state index contributed by atoms with van der Waals surface area (Å²) in [4.78, 5) is 41.5. The number of para-hydroxylation sites is 1. The number of rotatable bonds is 8. The van der Waals surface area contributed by atoms with Gasteiger partial charge in [0.1, 0.15) is 16.7 Å². The van der Waals surface area contributed by atoms with Gasteiger partial charge in [0.15, 0.2) is 0 Å². The fraction of sp³-hybridized carbons (Fsp3) is 0.344. The maximum atomic E-state index is 14.3. The molecule has 5 rings (SSSR count). The first kappa shape index (κ1) is 29.3. The Morgan fingerprint density at radius 2 is 1.81 bits per heavy atom. The van der Waals surface area contributed by atoms with Crippen LogP contribution in [0.4, 0.5) is 0 Å². The minimum Gasteiger partial charge on any atom is -0.496 e. The molecule has 0 aliphatic carbocycles. The summed E-state index contributed by atoms with van der Waals surface area (Å²) in [6.07, 6.45) is 0.844. The average molecular weight is 589 g/mol. The Kier molecular flexibility index (Phi) is 8.92. The summed E-state index contributed by atoms with van der Waals surface area (Å²) in [6.45, 7) is 4.91. The van der Waals surface area contributed by atoms with Crippen molar-refractivity contribution in [2.24, 2.45) is 0 Å². The lowest BCUT2D eigenvalue weighted by molar-refractivity contribution is -0.0752. The number of carbonyl (C=O) groups is 1. The smallest absolute Gasteiger partial charge is 0.337 e. The Hall–Kier alpha value is -4.17. The normalized spacial score (nSPS) is 14.3. The highest BCUT2D eigenvalue weighted by atomic mass is 32.1. The number of hydrogen-bond acceptors (Lipinski definition) is 8. The van der Waals surface area contributed by atoms with Crippen LogP contribution >= 0.6 is 11.3 Å². The molecule has 0 amide bonds. The van der Waals surface area contributed by atoms with Crippen molar-refractivity contribution in [3.63, 3.8) is 0 Å². The van der Waals surface area contributed by atoms with E-state index in [4.69, 9.17) is 18.9 Å². The predicted octanol–water partition coefficient (Wildman–Crippen LogP) is 4.63. The second kappa shape index (κ2) is 12.8. The number of methoxy groups -OCH3 is 2. The minimum absolute atomic E-state index is 0.0665. The van der Waals surface area contributed by atoms with Gasteiger partial charge in [0.25, 0.3) is 5.56 Å². The fourth-order valence-electron chi connectivity index (χ4n) is 5.19. The molecule has 9 nitrogen and oxygen atoms in total. The summed E-state index contributed by atoms with van der Waals surface area (Å²) < 4.78 is 25.4. The van der Waals surface area contributed by atoms with Crippen molar-refractivity contribution in [2.45, 2.75) is 45.4 Å². The Morgan fingerprint density at radius 3 is 2.48 bits per heavy atom. The van der Waals surface area contributed by atoms with E-state index in [0.29, 0.717) is 46.0 Å². The van der Waals surface area contributed by atoms with Crippen LogP contribution in [0.5, 0.6) is 5.75 Å². The maximum Gasteiger partial charge on any atom is 0.337 e. The molecular formula is C32H32N2O7S. The molecule has 2 aromatic heterocycles. The molecule has 0 radical (unpaired) electrons. The van der Waals surface area contributed by atoms with E-state index in [-0.39, 0.29) is 12.6 Å².